The van der Waals surface area contributed by atoms with Crippen LogP contribution in [0, 0.1) is 6.92 Å². The average molecular weight is 608 g/mol. The monoisotopic (exact) mass is 607 g/mol. The molecule has 1 aliphatic heterocycles. The average Bonchev–Trinajstić information content (AvgIpc) is 3.41. The number of aromatic nitrogens is 4. The molecular weight excluding hydrogens is 570 g/mol. The number of halogens is 1. The third-order valence-electron chi connectivity index (χ3n) is 7.96. The summed E-state index contributed by atoms with van der Waals surface area (Å²) in [6.07, 6.45) is 3.33. The van der Waals surface area contributed by atoms with Gasteiger partial charge in [-0.2, -0.15) is 0 Å². The Morgan fingerprint density at radius 2 is 1.88 bits per heavy atom. The molecule has 1 amide bonds. The van der Waals surface area contributed by atoms with Crippen molar-refractivity contribution < 1.29 is 4.79 Å². The van der Waals surface area contributed by atoms with Crippen LogP contribution in [-0.4, -0.2) is 85.9 Å². The number of carbonyl (C=O) groups is 1. The van der Waals surface area contributed by atoms with Crippen molar-refractivity contribution >= 4 is 45.6 Å². The molecule has 1 aromatic carbocycles. The molecule has 0 saturated carbocycles. The Kier molecular flexibility index (Phi) is 8.32. The molecule has 43 heavy (non-hydrogen) atoms. The Hall–Kier alpha value is -4.20. The zero-order valence-corrected chi connectivity index (χ0v) is 26.1. The number of anilines is 1. The number of benzene rings is 1. The fourth-order valence-electron chi connectivity index (χ4n) is 5.61. The second-order valence-corrected chi connectivity index (χ2v) is 11.8. The number of aryl methyl sites for hydroxylation is 2. The SMILES string of the molecule is Cc1cc(C(C)Nc2ccc(Cl)nc2/C(N)=N/N(N)C2CCN(C)CC2)c2c(c1)c(=O)n(C)c1c(C(=O)N(C)C)ncn21. The van der Waals surface area contributed by atoms with Gasteiger partial charge >= 0.3 is 0 Å². The Labute approximate surface area is 254 Å². The van der Waals surface area contributed by atoms with Crippen molar-refractivity contribution in [2.24, 2.45) is 23.7 Å². The number of pyridine rings is 1. The number of amides is 1. The fraction of sp³-hybridized carbons (Fsp3) is 0.414. The van der Waals surface area contributed by atoms with E-state index in [1.807, 2.05) is 26.0 Å². The molecule has 5 rings (SSSR count). The molecule has 1 aliphatic rings. The van der Waals surface area contributed by atoms with Crippen LogP contribution in [0.15, 0.2) is 40.5 Å². The van der Waals surface area contributed by atoms with Gasteiger partial charge in [0.15, 0.2) is 17.2 Å². The molecule has 0 bridgehead atoms. The molecule has 14 heteroatoms. The van der Waals surface area contributed by atoms with E-state index in [4.69, 9.17) is 23.2 Å². The van der Waals surface area contributed by atoms with Crippen molar-refractivity contribution in [2.45, 2.75) is 38.8 Å². The summed E-state index contributed by atoms with van der Waals surface area (Å²) in [5.74, 6) is 6.15. The van der Waals surface area contributed by atoms with Gasteiger partial charge in [0.05, 0.1) is 28.7 Å². The number of piperidine rings is 1. The topological polar surface area (TPSA) is 155 Å². The molecule has 0 spiro atoms. The molecule has 0 radical (unpaired) electrons. The third kappa shape index (κ3) is 5.75. The molecule has 5 N–H and O–H groups in total. The first kappa shape index (κ1) is 30.3. The van der Waals surface area contributed by atoms with Crippen LogP contribution in [0.2, 0.25) is 5.15 Å². The highest BCUT2D eigenvalue weighted by Crippen LogP contribution is 2.30. The molecule has 3 aromatic heterocycles. The van der Waals surface area contributed by atoms with Crippen LogP contribution in [0.1, 0.15) is 53.1 Å². The summed E-state index contributed by atoms with van der Waals surface area (Å²) in [4.78, 5) is 39.1. The van der Waals surface area contributed by atoms with Gasteiger partial charge in [0.1, 0.15) is 17.2 Å². The highest BCUT2D eigenvalue weighted by Gasteiger charge is 2.25. The number of hydrazine groups is 1. The summed E-state index contributed by atoms with van der Waals surface area (Å²) in [5, 5.41) is 10.2. The van der Waals surface area contributed by atoms with Crippen molar-refractivity contribution in [1.82, 2.24) is 33.9 Å². The van der Waals surface area contributed by atoms with Crippen molar-refractivity contribution in [3.05, 3.63) is 68.6 Å². The van der Waals surface area contributed by atoms with Crippen LogP contribution in [0.25, 0.3) is 16.6 Å². The van der Waals surface area contributed by atoms with E-state index in [1.54, 1.807) is 44.0 Å². The lowest BCUT2D eigenvalue weighted by Crippen LogP contribution is -2.45. The Morgan fingerprint density at radius 1 is 1.19 bits per heavy atom. The van der Waals surface area contributed by atoms with Crippen molar-refractivity contribution in [3.63, 3.8) is 0 Å². The van der Waals surface area contributed by atoms with E-state index in [2.05, 4.69) is 32.3 Å². The minimum atomic E-state index is -0.342. The summed E-state index contributed by atoms with van der Waals surface area (Å²) in [6.45, 7) is 5.76. The summed E-state index contributed by atoms with van der Waals surface area (Å²) >= 11 is 6.28. The Balaban J connectivity index is 1.57. The molecule has 1 fully saturated rings. The van der Waals surface area contributed by atoms with E-state index in [-0.39, 0.29) is 40.2 Å². The van der Waals surface area contributed by atoms with E-state index < -0.39 is 0 Å². The van der Waals surface area contributed by atoms with E-state index in [1.165, 1.54) is 14.6 Å². The number of rotatable bonds is 7. The minimum absolute atomic E-state index is 0.0624. The van der Waals surface area contributed by atoms with Gasteiger partial charge in [-0.15, -0.1) is 5.10 Å². The Morgan fingerprint density at radius 3 is 2.56 bits per heavy atom. The van der Waals surface area contributed by atoms with Crippen molar-refractivity contribution in [2.75, 3.05) is 39.5 Å². The van der Waals surface area contributed by atoms with Gasteiger partial charge in [0.25, 0.3) is 11.5 Å². The number of likely N-dealkylation sites (tertiary alicyclic amines) is 1. The van der Waals surface area contributed by atoms with Crippen LogP contribution >= 0.6 is 11.6 Å². The lowest BCUT2D eigenvalue weighted by molar-refractivity contribution is 0.0824. The molecule has 1 unspecified atom stereocenters. The summed E-state index contributed by atoms with van der Waals surface area (Å²) < 4.78 is 3.26. The smallest absolute Gasteiger partial charge is 0.275 e. The zero-order chi connectivity index (χ0) is 31.2. The summed E-state index contributed by atoms with van der Waals surface area (Å²) in [6, 6.07) is 7.03. The van der Waals surface area contributed by atoms with Gasteiger partial charge in [-0.05, 0) is 76.2 Å². The van der Waals surface area contributed by atoms with Gasteiger partial charge < -0.3 is 20.9 Å². The number of hydrazone groups is 1. The second-order valence-electron chi connectivity index (χ2n) is 11.4. The van der Waals surface area contributed by atoms with Gasteiger partial charge in [-0.25, -0.2) is 20.9 Å². The molecule has 4 heterocycles. The number of fused-ring (bicyclic) bond motifs is 3. The van der Waals surface area contributed by atoms with E-state index >= 15 is 0 Å². The van der Waals surface area contributed by atoms with E-state index in [0.717, 1.165) is 37.1 Å². The maximum absolute atomic E-state index is 13.6. The predicted octanol–water partition coefficient (Wildman–Crippen LogP) is 2.31. The molecule has 1 saturated heterocycles. The highest BCUT2D eigenvalue weighted by atomic mass is 35.5. The first-order valence-corrected chi connectivity index (χ1v) is 14.5. The van der Waals surface area contributed by atoms with Crippen LogP contribution in [0.3, 0.4) is 0 Å². The van der Waals surface area contributed by atoms with Crippen LogP contribution < -0.4 is 22.5 Å². The first-order chi connectivity index (χ1) is 20.4. The lowest BCUT2D eigenvalue weighted by atomic mass is 10.0. The number of hydrogen-bond acceptors (Lipinski definition) is 9. The molecule has 4 aromatic rings. The Bertz CT molecular complexity index is 1790. The largest absolute Gasteiger partial charge is 0.380 e. The predicted molar refractivity (Wildman–Crippen MR) is 169 cm³/mol. The summed E-state index contributed by atoms with van der Waals surface area (Å²) in [7, 11) is 7.03. The number of hydrogen-bond donors (Lipinski definition) is 3. The molecule has 1 atom stereocenters. The number of nitrogens with one attached hydrogen (secondary N) is 1. The van der Waals surface area contributed by atoms with E-state index in [0.29, 0.717) is 27.9 Å². The first-order valence-electron chi connectivity index (χ1n) is 14.1. The lowest BCUT2D eigenvalue weighted by Gasteiger charge is -2.33. The van der Waals surface area contributed by atoms with Crippen LogP contribution in [0.5, 0.6) is 0 Å². The number of carbonyl (C=O) groups excluding carboxylic acids is 1. The number of amidine groups is 1. The van der Waals surface area contributed by atoms with Gasteiger partial charge in [0.2, 0.25) is 0 Å². The maximum atomic E-state index is 13.6. The second kappa shape index (κ2) is 11.8. The van der Waals surface area contributed by atoms with Crippen LogP contribution in [-0.2, 0) is 7.05 Å². The molecule has 0 aliphatic carbocycles. The zero-order valence-electron chi connectivity index (χ0n) is 25.3. The highest BCUT2D eigenvalue weighted by molar-refractivity contribution is 6.29. The quantitative estimate of drug-likeness (QED) is 0.0943. The fourth-order valence-corrected chi connectivity index (χ4v) is 5.75. The molecule has 228 valence electrons. The number of nitrogens with zero attached hydrogens (tertiary/aromatic N) is 8. The van der Waals surface area contributed by atoms with Crippen LogP contribution in [0.4, 0.5) is 5.69 Å². The molecular formula is C29H38ClN11O2. The normalized spacial score (nSPS) is 15.7. The maximum Gasteiger partial charge on any atom is 0.275 e. The summed E-state index contributed by atoms with van der Waals surface area (Å²) in [5.41, 5.74) is 10.2. The third-order valence-corrected chi connectivity index (χ3v) is 8.17. The minimum Gasteiger partial charge on any atom is -0.380 e. The standard InChI is InChI=1S/C29H38ClN11O2/c1-16-13-19(25-20(14-16)28(42)39(6)27-24(29(43)37(3)4)33-15-40(25)27)17(2)34-21-7-8-22(30)35-23(21)26(31)36-41(32)18-9-11-38(5)12-10-18/h7-8,13-15,17-18,34H,9-12,32H2,1-6H3,(H2,31,36). The van der Waals surface area contributed by atoms with Crippen molar-refractivity contribution in [1.29, 1.82) is 0 Å². The van der Waals surface area contributed by atoms with Crippen molar-refractivity contribution in [3.8, 4) is 0 Å². The van der Waals surface area contributed by atoms with Gasteiger partial charge in [0, 0.05) is 21.1 Å². The molecule has 13 nitrogen and oxygen atoms in total. The number of nitrogens with two attached hydrogens (primary N) is 2. The number of imidazole rings is 1. The van der Waals surface area contributed by atoms with Gasteiger partial charge in [-0.1, -0.05) is 17.7 Å². The van der Waals surface area contributed by atoms with E-state index in [9.17, 15) is 9.59 Å². The van der Waals surface area contributed by atoms with Gasteiger partial charge in [-0.3, -0.25) is 18.6 Å².